The van der Waals surface area contributed by atoms with Crippen LogP contribution in [0, 0.1) is 11.3 Å². The maximum absolute atomic E-state index is 12.1. The molecule has 0 aliphatic heterocycles. The van der Waals surface area contributed by atoms with E-state index in [0.29, 0.717) is 18.0 Å². The van der Waals surface area contributed by atoms with E-state index in [1.807, 2.05) is 13.0 Å². The number of carbonyl (C=O) groups is 2. The van der Waals surface area contributed by atoms with Crippen molar-refractivity contribution in [2.75, 3.05) is 25.2 Å². The van der Waals surface area contributed by atoms with E-state index in [0.717, 1.165) is 0 Å². The molecule has 0 aliphatic carbocycles. The first kappa shape index (κ1) is 16.5. The quantitative estimate of drug-likeness (QED) is 0.566. The molecule has 0 unspecified atom stereocenters. The maximum Gasteiger partial charge on any atom is 0.306 e. The van der Waals surface area contributed by atoms with Gasteiger partial charge in [0.25, 0.3) is 0 Å². The Morgan fingerprint density at radius 3 is 2.71 bits per heavy atom. The number of ether oxygens (including phenoxy) is 2. The summed E-state index contributed by atoms with van der Waals surface area (Å²) in [6.07, 6.45) is -0.0182. The number of nitriles is 1. The molecule has 0 heterocycles. The molecule has 0 saturated carbocycles. The molecule has 0 N–H and O–H groups in total. The number of amides is 1. The van der Waals surface area contributed by atoms with Gasteiger partial charge in [0.05, 0.1) is 26.2 Å². The first-order valence-electron chi connectivity index (χ1n) is 6.59. The van der Waals surface area contributed by atoms with Crippen molar-refractivity contribution >= 4 is 17.6 Å². The molecule has 1 aromatic rings. The van der Waals surface area contributed by atoms with Crippen LogP contribution < -0.4 is 9.64 Å². The van der Waals surface area contributed by atoms with Crippen molar-refractivity contribution in [2.45, 2.75) is 19.8 Å². The summed E-state index contributed by atoms with van der Waals surface area (Å²) in [6.45, 7) is 2.29. The van der Waals surface area contributed by atoms with Gasteiger partial charge in [-0.1, -0.05) is 6.07 Å². The fourth-order valence-electron chi connectivity index (χ4n) is 1.75. The zero-order valence-corrected chi connectivity index (χ0v) is 12.2. The van der Waals surface area contributed by atoms with E-state index < -0.39 is 5.97 Å². The number of methoxy groups -OCH3 is 1. The Labute approximate surface area is 123 Å². The Bertz CT molecular complexity index is 537. The van der Waals surface area contributed by atoms with Crippen molar-refractivity contribution in [2.24, 2.45) is 0 Å². The molecular weight excluding hydrogens is 272 g/mol. The number of hydrogen-bond acceptors (Lipinski definition) is 5. The van der Waals surface area contributed by atoms with Crippen LogP contribution in [0.15, 0.2) is 24.3 Å². The van der Waals surface area contributed by atoms with Crippen LogP contribution in [0.1, 0.15) is 19.8 Å². The van der Waals surface area contributed by atoms with Crippen LogP contribution in [0.4, 0.5) is 5.69 Å². The lowest BCUT2D eigenvalue weighted by atomic mass is 10.2. The summed E-state index contributed by atoms with van der Waals surface area (Å²) in [4.78, 5) is 24.6. The molecule has 0 fully saturated rings. The van der Waals surface area contributed by atoms with Crippen LogP contribution in [0.25, 0.3) is 0 Å². The van der Waals surface area contributed by atoms with Crippen molar-refractivity contribution in [1.29, 1.82) is 5.26 Å². The normalized spacial score (nSPS) is 9.57. The van der Waals surface area contributed by atoms with Gasteiger partial charge in [0.2, 0.25) is 5.91 Å². The standard InChI is InChI=1S/C15H18N2O4/c1-3-21-13-6-4-5-12(11-13)17(10-9-16)14(18)7-8-15(19)20-2/h4-6,11H,3,7-8,10H2,1-2H3. The third-order valence-corrected chi connectivity index (χ3v) is 2.74. The predicted octanol–water partition coefficient (Wildman–Crippen LogP) is 1.90. The zero-order valence-electron chi connectivity index (χ0n) is 12.2. The van der Waals surface area contributed by atoms with Gasteiger partial charge < -0.3 is 9.47 Å². The highest BCUT2D eigenvalue weighted by Gasteiger charge is 2.17. The average molecular weight is 290 g/mol. The number of hydrogen-bond donors (Lipinski definition) is 0. The van der Waals surface area contributed by atoms with Gasteiger partial charge in [0, 0.05) is 18.2 Å². The highest BCUT2D eigenvalue weighted by Crippen LogP contribution is 2.22. The van der Waals surface area contributed by atoms with Gasteiger partial charge in [0.1, 0.15) is 12.3 Å². The van der Waals surface area contributed by atoms with E-state index in [-0.39, 0.29) is 25.3 Å². The molecule has 6 nitrogen and oxygen atoms in total. The Morgan fingerprint density at radius 2 is 2.10 bits per heavy atom. The minimum atomic E-state index is -0.455. The van der Waals surface area contributed by atoms with Gasteiger partial charge in [0.15, 0.2) is 0 Å². The number of carbonyl (C=O) groups excluding carboxylic acids is 2. The maximum atomic E-state index is 12.1. The van der Waals surface area contributed by atoms with E-state index >= 15 is 0 Å². The fourth-order valence-corrected chi connectivity index (χ4v) is 1.75. The second kappa shape index (κ2) is 8.59. The minimum Gasteiger partial charge on any atom is -0.494 e. The average Bonchev–Trinajstić information content (AvgIpc) is 2.50. The SMILES string of the molecule is CCOc1cccc(N(CC#N)C(=O)CCC(=O)OC)c1. The molecule has 0 bridgehead atoms. The fraction of sp³-hybridized carbons (Fsp3) is 0.400. The number of rotatable bonds is 7. The highest BCUT2D eigenvalue weighted by molar-refractivity contribution is 5.95. The van der Waals surface area contributed by atoms with Crippen molar-refractivity contribution in [3.63, 3.8) is 0 Å². The van der Waals surface area contributed by atoms with Crippen LogP contribution in [0.5, 0.6) is 5.75 Å². The van der Waals surface area contributed by atoms with Gasteiger partial charge in [-0.05, 0) is 19.1 Å². The van der Waals surface area contributed by atoms with E-state index in [1.54, 1.807) is 24.3 Å². The molecule has 0 saturated heterocycles. The lowest BCUT2D eigenvalue weighted by molar-refractivity contribution is -0.141. The Morgan fingerprint density at radius 1 is 1.33 bits per heavy atom. The second-order valence-corrected chi connectivity index (χ2v) is 4.14. The lowest BCUT2D eigenvalue weighted by Crippen LogP contribution is -2.31. The van der Waals surface area contributed by atoms with Crippen LogP contribution in [-0.2, 0) is 14.3 Å². The van der Waals surface area contributed by atoms with Crippen LogP contribution in [0.2, 0.25) is 0 Å². The summed E-state index contributed by atoms with van der Waals surface area (Å²) in [5.74, 6) is -0.141. The number of benzene rings is 1. The third kappa shape index (κ3) is 5.15. The van der Waals surface area contributed by atoms with E-state index in [9.17, 15) is 9.59 Å². The van der Waals surface area contributed by atoms with E-state index in [1.165, 1.54) is 12.0 Å². The van der Waals surface area contributed by atoms with Gasteiger partial charge in [-0.15, -0.1) is 0 Å². The molecule has 21 heavy (non-hydrogen) atoms. The molecule has 1 aromatic carbocycles. The molecular formula is C15H18N2O4. The van der Waals surface area contributed by atoms with Crippen molar-refractivity contribution in [3.8, 4) is 11.8 Å². The molecule has 0 aliphatic rings. The molecule has 112 valence electrons. The molecule has 0 spiro atoms. The Balaban J connectivity index is 2.85. The third-order valence-electron chi connectivity index (χ3n) is 2.74. The minimum absolute atomic E-state index is 0.00673. The molecule has 0 atom stereocenters. The van der Waals surface area contributed by atoms with Gasteiger partial charge in [-0.25, -0.2) is 0 Å². The van der Waals surface area contributed by atoms with Gasteiger partial charge >= 0.3 is 5.97 Å². The number of nitrogens with zero attached hydrogens (tertiary/aromatic N) is 2. The monoisotopic (exact) mass is 290 g/mol. The lowest BCUT2D eigenvalue weighted by Gasteiger charge is -2.20. The summed E-state index contributed by atoms with van der Waals surface area (Å²) in [7, 11) is 1.27. The van der Waals surface area contributed by atoms with E-state index in [2.05, 4.69) is 4.74 Å². The van der Waals surface area contributed by atoms with Crippen molar-refractivity contribution < 1.29 is 19.1 Å². The Hall–Kier alpha value is -2.55. The molecule has 1 rings (SSSR count). The van der Waals surface area contributed by atoms with Gasteiger partial charge in [-0.3, -0.25) is 14.5 Å². The summed E-state index contributed by atoms with van der Waals surface area (Å²) in [5, 5.41) is 8.88. The largest absolute Gasteiger partial charge is 0.494 e. The smallest absolute Gasteiger partial charge is 0.306 e. The zero-order chi connectivity index (χ0) is 15.7. The van der Waals surface area contributed by atoms with Crippen LogP contribution in [0.3, 0.4) is 0 Å². The first-order valence-corrected chi connectivity index (χ1v) is 6.59. The number of anilines is 1. The Kier molecular flexibility index (Phi) is 6.75. The van der Waals surface area contributed by atoms with Crippen LogP contribution in [-0.4, -0.2) is 32.1 Å². The predicted molar refractivity (Wildman–Crippen MR) is 76.8 cm³/mol. The topological polar surface area (TPSA) is 79.6 Å². The molecule has 1 amide bonds. The van der Waals surface area contributed by atoms with Gasteiger partial charge in [-0.2, -0.15) is 5.26 Å². The molecule has 0 radical (unpaired) electrons. The summed E-state index contributed by atoms with van der Waals surface area (Å²) >= 11 is 0. The van der Waals surface area contributed by atoms with Crippen LogP contribution >= 0.6 is 0 Å². The highest BCUT2D eigenvalue weighted by atomic mass is 16.5. The first-order chi connectivity index (χ1) is 10.1. The molecule has 6 heteroatoms. The van der Waals surface area contributed by atoms with E-state index in [4.69, 9.17) is 10.00 Å². The number of esters is 1. The second-order valence-electron chi connectivity index (χ2n) is 4.14. The summed E-state index contributed by atoms with van der Waals surface area (Å²) < 4.78 is 9.88. The summed E-state index contributed by atoms with van der Waals surface area (Å²) in [6, 6.07) is 8.88. The summed E-state index contributed by atoms with van der Waals surface area (Å²) in [5.41, 5.74) is 0.567. The molecule has 0 aromatic heterocycles. The van der Waals surface area contributed by atoms with Crippen molar-refractivity contribution in [1.82, 2.24) is 0 Å². The van der Waals surface area contributed by atoms with Crippen molar-refractivity contribution in [3.05, 3.63) is 24.3 Å².